The number of amidine groups is 2. The minimum atomic E-state index is -0.538. The Hall–Kier alpha value is -8.52. The summed E-state index contributed by atoms with van der Waals surface area (Å²) in [6.07, 6.45) is 7.70. The molecule has 0 amide bonds. The van der Waals surface area contributed by atoms with Crippen molar-refractivity contribution in [3.05, 3.63) is 275 Å². The second-order valence-corrected chi connectivity index (χ2v) is 17.9. The first-order valence-electron chi connectivity index (χ1n) is 23.1. The highest BCUT2D eigenvalue weighted by Gasteiger charge is 2.46. The number of hydrogen-bond acceptors (Lipinski definition) is 2. The van der Waals surface area contributed by atoms with Crippen LogP contribution in [0.3, 0.4) is 0 Å². The molecule has 0 bridgehead atoms. The third-order valence-electron chi connectivity index (χ3n) is 13.7. The molecule has 0 fully saturated rings. The Morgan fingerprint density at radius 2 is 1.13 bits per heavy atom. The van der Waals surface area contributed by atoms with Crippen molar-refractivity contribution in [3.8, 4) is 50.6 Å². The van der Waals surface area contributed by atoms with Gasteiger partial charge in [-0.3, -0.25) is 4.99 Å². The van der Waals surface area contributed by atoms with Crippen LogP contribution in [-0.2, 0) is 17.4 Å². The van der Waals surface area contributed by atoms with Gasteiger partial charge in [0, 0.05) is 16.6 Å². The summed E-state index contributed by atoms with van der Waals surface area (Å²) < 4.78 is 0. The number of hydrogen-bond donors (Lipinski definition) is 0. The van der Waals surface area contributed by atoms with E-state index in [9.17, 15) is 5.26 Å². The van der Waals surface area contributed by atoms with E-state index >= 15 is 0 Å². The second kappa shape index (κ2) is 18.0. The molecule has 10 rings (SSSR count). The molecule has 0 spiro atoms. The van der Waals surface area contributed by atoms with E-state index in [2.05, 4.69) is 190 Å². The standard InChI is InChI=1S/C64H50N4/c1-6-8-20-45(7-2)62(68-61(66-5)46-21-12-9-13-22-46)67-42-44-35-49(47-30-33-55-54-32-29-43(41-65)37-58(54)63(3,4)59(55)39-47)38-50(36-44)48-31-34-56-53-27-18-19-28-57(53)64(60(56)40-48,51-23-14-10-15-24-51)52-25-16-11-17-26-52/h6-40H,2,5,42H2,1,3-4H3/b8-6-,45-20+,67-62-,68-61-. The largest absolute Gasteiger partial charge is 0.261 e. The Bertz CT molecular complexity index is 3390. The zero-order valence-electron chi connectivity index (χ0n) is 38.6. The van der Waals surface area contributed by atoms with Crippen LogP contribution in [0.5, 0.6) is 0 Å². The lowest BCUT2D eigenvalue weighted by molar-refractivity contribution is 0.660. The predicted molar refractivity (Wildman–Crippen MR) is 284 cm³/mol. The summed E-state index contributed by atoms with van der Waals surface area (Å²) in [6.45, 7) is 14.9. The van der Waals surface area contributed by atoms with E-state index in [0.29, 0.717) is 23.8 Å². The molecule has 0 saturated heterocycles. The summed E-state index contributed by atoms with van der Waals surface area (Å²) in [6, 6.07) is 69.7. The van der Waals surface area contributed by atoms with Crippen LogP contribution in [0.15, 0.2) is 239 Å². The first-order chi connectivity index (χ1) is 33.3. The Labute approximate surface area is 400 Å². The monoisotopic (exact) mass is 874 g/mol. The van der Waals surface area contributed by atoms with E-state index in [1.54, 1.807) is 6.08 Å². The maximum absolute atomic E-state index is 9.82. The normalized spacial score (nSPS) is 14.4. The molecule has 8 aromatic carbocycles. The van der Waals surface area contributed by atoms with Crippen LogP contribution in [0.4, 0.5) is 0 Å². The van der Waals surface area contributed by atoms with Crippen LogP contribution in [0.1, 0.15) is 70.8 Å². The van der Waals surface area contributed by atoms with Crippen LogP contribution < -0.4 is 0 Å². The molecular weight excluding hydrogens is 825 g/mol. The average molecular weight is 875 g/mol. The summed E-state index contributed by atoms with van der Waals surface area (Å²) in [4.78, 5) is 14.6. The molecule has 4 nitrogen and oxygen atoms in total. The Balaban J connectivity index is 1.17. The molecule has 0 radical (unpaired) electrons. The average Bonchev–Trinajstić information content (AvgIpc) is 3.82. The molecule has 8 aromatic rings. The summed E-state index contributed by atoms with van der Waals surface area (Å²) in [5.74, 6) is 0.992. The Morgan fingerprint density at radius 1 is 0.588 bits per heavy atom. The van der Waals surface area contributed by atoms with Crippen molar-refractivity contribution in [2.75, 3.05) is 0 Å². The molecule has 0 heterocycles. The fourth-order valence-corrected chi connectivity index (χ4v) is 10.4. The van der Waals surface area contributed by atoms with E-state index in [4.69, 9.17) is 9.98 Å². The lowest BCUT2D eigenvalue weighted by Gasteiger charge is -2.34. The van der Waals surface area contributed by atoms with Gasteiger partial charge in [0.1, 0.15) is 0 Å². The topological polar surface area (TPSA) is 60.9 Å². The molecule has 0 aliphatic heterocycles. The summed E-state index contributed by atoms with van der Waals surface area (Å²) in [5, 5.41) is 9.82. The lowest BCUT2D eigenvalue weighted by Crippen LogP contribution is -2.28. The van der Waals surface area contributed by atoms with Crippen molar-refractivity contribution in [2.24, 2.45) is 15.0 Å². The van der Waals surface area contributed by atoms with Crippen molar-refractivity contribution >= 4 is 18.4 Å². The maximum atomic E-state index is 9.82. The van der Waals surface area contributed by atoms with Crippen LogP contribution >= 0.6 is 0 Å². The van der Waals surface area contributed by atoms with Gasteiger partial charge in [0.15, 0.2) is 11.7 Å². The molecule has 0 saturated carbocycles. The van der Waals surface area contributed by atoms with E-state index in [0.717, 1.165) is 39.0 Å². The number of nitriles is 1. The van der Waals surface area contributed by atoms with Crippen molar-refractivity contribution < 1.29 is 0 Å². The number of benzene rings is 8. The summed E-state index contributed by atoms with van der Waals surface area (Å²) in [5.41, 5.74) is 19.1. The molecule has 4 heteroatoms. The van der Waals surface area contributed by atoms with E-state index < -0.39 is 5.41 Å². The highest BCUT2D eigenvalue weighted by Crippen LogP contribution is 2.57. The third kappa shape index (κ3) is 7.49. The molecule has 68 heavy (non-hydrogen) atoms. The lowest BCUT2D eigenvalue weighted by atomic mass is 9.67. The van der Waals surface area contributed by atoms with E-state index in [1.807, 2.05) is 61.5 Å². The van der Waals surface area contributed by atoms with Gasteiger partial charge in [-0.2, -0.15) is 5.26 Å². The second-order valence-electron chi connectivity index (χ2n) is 17.9. The Morgan fingerprint density at radius 3 is 1.74 bits per heavy atom. The van der Waals surface area contributed by atoms with Gasteiger partial charge >= 0.3 is 0 Å². The van der Waals surface area contributed by atoms with Crippen molar-refractivity contribution in [2.45, 2.75) is 38.1 Å². The minimum Gasteiger partial charge on any atom is -0.261 e. The number of rotatable bonds is 10. The van der Waals surface area contributed by atoms with Crippen LogP contribution in [0, 0.1) is 11.3 Å². The highest BCUT2D eigenvalue weighted by atomic mass is 15.0. The van der Waals surface area contributed by atoms with Crippen LogP contribution in [0.25, 0.3) is 44.5 Å². The first kappa shape index (κ1) is 43.4. The Kier molecular flexibility index (Phi) is 11.5. The van der Waals surface area contributed by atoms with E-state index in [-0.39, 0.29) is 5.41 Å². The van der Waals surface area contributed by atoms with Gasteiger partial charge in [-0.25, -0.2) is 9.98 Å². The van der Waals surface area contributed by atoms with Crippen LogP contribution in [-0.4, -0.2) is 18.4 Å². The number of aliphatic imine (C=N–C) groups is 3. The number of allylic oxidation sites excluding steroid dienone is 3. The highest BCUT2D eigenvalue weighted by molar-refractivity contribution is 6.13. The zero-order chi connectivity index (χ0) is 46.8. The molecule has 0 atom stereocenters. The molecular formula is C64H50N4. The van der Waals surface area contributed by atoms with Gasteiger partial charge in [-0.05, 0) is 140 Å². The fraction of sp³-hybridized carbons (Fsp3) is 0.0938. The van der Waals surface area contributed by atoms with Crippen molar-refractivity contribution in [1.29, 1.82) is 5.26 Å². The van der Waals surface area contributed by atoms with Gasteiger partial charge in [-0.15, -0.1) is 0 Å². The van der Waals surface area contributed by atoms with Gasteiger partial charge in [0.2, 0.25) is 0 Å². The van der Waals surface area contributed by atoms with Crippen LogP contribution in [0.2, 0.25) is 0 Å². The quantitative estimate of drug-likeness (QED) is 0.0767. The number of nitrogens with zero attached hydrogens (tertiary/aromatic N) is 4. The van der Waals surface area contributed by atoms with E-state index in [1.165, 1.54) is 55.6 Å². The smallest absolute Gasteiger partial charge is 0.161 e. The molecule has 0 unspecified atom stereocenters. The van der Waals surface area contributed by atoms with Gasteiger partial charge in [0.25, 0.3) is 0 Å². The fourth-order valence-electron chi connectivity index (χ4n) is 10.4. The molecule has 2 aliphatic rings. The maximum Gasteiger partial charge on any atom is 0.161 e. The third-order valence-corrected chi connectivity index (χ3v) is 13.7. The zero-order valence-corrected chi connectivity index (χ0v) is 38.6. The molecule has 0 aromatic heterocycles. The SMILES string of the molecule is C=CC(=C\C=C/C)/C(=N/Cc1cc(-c2ccc3c(c2)C(C)(C)c2cc(C#N)ccc2-3)cc(-c2ccc3c(c2)C(c2ccccc2)(c2ccccc2)c2ccccc2-3)c1)/N=C(\N=C)c1ccccc1. The van der Waals surface area contributed by atoms with Gasteiger partial charge < -0.3 is 0 Å². The van der Waals surface area contributed by atoms with Crippen molar-refractivity contribution in [1.82, 2.24) is 0 Å². The minimum absolute atomic E-state index is 0.297. The predicted octanol–water partition coefficient (Wildman–Crippen LogP) is 15.3. The van der Waals surface area contributed by atoms with Gasteiger partial charge in [0.05, 0.1) is 23.6 Å². The summed E-state index contributed by atoms with van der Waals surface area (Å²) >= 11 is 0. The number of fused-ring (bicyclic) bond motifs is 6. The first-order valence-corrected chi connectivity index (χ1v) is 23.1. The van der Waals surface area contributed by atoms with Crippen molar-refractivity contribution in [3.63, 3.8) is 0 Å². The molecule has 0 N–H and O–H groups in total. The summed E-state index contributed by atoms with van der Waals surface area (Å²) in [7, 11) is 0. The molecule has 2 aliphatic carbocycles. The van der Waals surface area contributed by atoms with Gasteiger partial charge in [-0.1, -0.05) is 190 Å². The molecule has 326 valence electrons.